The van der Waals surface area contributed by atoms with Gasteiger partial charge < -0.3 is 14.2 Å². The summed E-state index contributed by atoms with van der Waals surface area (Å²) in [6, 6.07) is 0. The molecule has 0 saturated heterocycles. The first-order valence-corrected chi connectivity index (χ1v) is 6.44. The molecule has 18 heavy (non-hydrogen) atoms. The molecule has 0 fully saturated rings. The van der Waals surface area contributed by atoms with Gasteiger partial charge in [0.2, 0.25) is 0 Å². The van der Waals surface area contributed by atoms with Gasteiger partial charge in [0.15, 0.2) is 0 Å². The van der Waals surface area contributed by atoms with Gasteiger partial charge in [-0.1, -0.05) is 13.3 Å². The second kappa shape index (κ2) is 11.0. The van der Waals surface area contributed by atoms with Crippen LogP contribution in [0.5, 0.6) is 0 Å². The Hall–Kier alpha value is -1.10. The van der Waals surface area contributed by atoms with Crippen LogP contribution in [0.25, 0.3) is 0 Å². The predicted molar refractivity (Wildman–Crippen MR) is 67.1 cm³/mol. The van der Waals surface area contributed by atoms with E-state index in [1.54, 1.807) is 7.11 Å². The number of hydrogen-bond acceptors (Lipinski definition) is 5. The Morgan fingerprint density at radius 2 is 1.61 bits per heavy atom. The molecule has 106 valence electrons. The van der Waals surface area contributed by atoms with E-state index in [9.17, 15) is 9.59 Å². The monoisotopic (exact) mass is 260 g/mol. The Morgan fingerprint density at radius 3 is 2.11 bits per heavy atom. The molecule has 0 aliphatic carbocycles. The van der Waals surface area contributed by atoms with Crippen LogP contribution in [0.2, 0.25) is 0 Å². The lowest BCUT2D eigenvalue weighted by Gasteiger charge is -2.09. The maximum atomic E-state index is 11.3. The van der Waals surface area contributed by atoms with Gasteiger partial charge in [0, 0.05) is 13.5 Å². The van der Waals surface area contributed by atoms with E-state index in [1.807, 2.05) is 13.8 Å². The fourth-order valence-electron chi connectivity index (χ4n) is 1.14. The van der Waals surface area contributed by atoms with Crippen molar-refractivity contribution >= 4 is 11.9 Å². The van der Waals surface area contributed by atoms with E-state index >= 15 is 0 Å². The van der Waals surface area contributed by atoms with Gasteiger partial charge in [-0.05, 0) is 13.3 Å². The standard InChI is InChI=1S/C13H24O5/c1-4-5-9-17-12(14)6-7-13(15)18-10-8-11(2)16-3/h11H,4-10H2,1-3H3. The molecule has 5 nitrogen and oxygen atoms in total. The Bertz CT molecular complexity index is 240. The molecule has 0 aromatic carbocycles. The highest BCUT2D eigenvalue weighted by molar-refractivity contribution is 5.77. The topological polar surface area (TPSA) is 61.8 Å². The minimum atomic E-state index is -0.370. The average Bonchev–Trinajstić information content (AvgIpc) is 2.36. The molecule has 0 aliphatic rings. The van der Waals surface area contributed by atoms with E-state index in [4.69, 9.17) is 14.2 Å². The molecule has 0 aromatic heterocycles. The third kappa shape index (κ3) is 10.1. The van der Waals surface area contributed by atoms with Gasteiger partial charge >= 0.3 is 11.9 Å². The quantitative estimate of drug-likeness (QED) is 0.444. The summed E-state index contributed by atoms with van der Waals surface area (Å²) in [7, 11) is 1.61. The van der Waals surface area contributed by atoms with Crippen LogP contribution < -0.4 is 0 Å². The van der Waals surface area contributed by atoms with Crippen LogP contribution in [0.15, 0.2) is 0 Å². The number of hydrogen-bond donors (Lipinski definition) is 0. The molecule has 0 rings (SSSR count). The lowest BCUT2D eigenvalue weighted by molar-refractivity contribution is -0.150. The molecule has 0 aliphatic heterocycles. The van der Waals surface area contributed by atoms with Crippen LogP contribution in [-0.4, -0.2) is 38.4 Å². The minimum Gasteiger partial charge on any atom is -0.466 e. The van der Waals surface area contributed by atoms with Gasteiger partial charge in [-0.15, -0.1) is 0 Å². The molecule has 5 heteroatoms. The molecule has 0 heterocycles. The summed E-state index contributed by atoms with van der Waals surface area (Å²) in [5, 5.41) is 0. The Morgan fingerprint density at radius 1 is 1.06 bits per heavy atom. The highest BCUT2D eigenvalue weighted by Crippen LogP contribution is 2.00. The van der Waals surface area contributed by atoms with Crippen molar-refractivity contribution in [3.63, 3.8) is 0 Å². The largest absolute Gasteiger partial charge is 0.466 e. The predicted octanol–water partition coefficient (Wildman–Crippen LogP) is 2.08. The maximum Gasteiger partial charge on any atom is 0.306 e. The van der Waals surface area contributed by atoms with Crippen molar-refractivity contribution in [3.05, 3.63) is 0 Å². The number of carbonyl (C=O) groups excluding carboxylic acids is 2. The van der Waals surface area contributed by atoms with E-state index in [0.29, 0.717) is 19.6 Å². The van der Waals surface area contributed by atoms with Gasteiger partial charge in [0.25, 0.3) is 0 Å². The Kier molecular flexibility index (Phi) is 10.3. The normalized spacial score (nSPS) is 11.9. The van der Waals surface area contributed by atoms with Crippen LogP contribution in [-0.2, 0) is 23.8 Å². The number of esters is 2. The molecule has 0 radical (unpaired) electrons. The van der Waals surface area contributed by atoms with Crippen LogP contribution in [0.1, 0.15) is 46.0 Å². The maximum absolute atomic E-state index is 11.3. The van der Waals surface area contributed by atoms with Gasteiger partial charge in [0.05, 0.1) is 32.2 Å². The number of rotatable bonds is 10. The fraction of sp³-hybridized carbons (Fsp3) is 0.846. The van der Waals surface area contributed by atoms with Crippen molar-refractivity contribution in [1.29, 1.82) is 0 Å². The SMILES string of the molecule is CCCCOC(=O)CCC(=O)OCCC(C)OC. The van der Waals surface area contributed by atoms with Crippen LogP contribution >= 0.6 is 0 Å². The third-order valence-electron chi connectivity index (χ3n) is 2.48. The number of methoxy groups -OCH3 is 1. The van der Waals surface area contributed by atoms with Crippen molar-refractivity contribution in [3.8, 4) is 0 Å². The highest BCUT2D eigenvalue weighted by atomic mass is 16.5. The molecule has 0 saturated carbocycles. The summed E-state index contributed by atoms with van der Waals surface area (Å²) in [4.78, 5) is 22.5. The zero-order chi connectivity index (χ0) is 13.8. The average molecular weight is 260 g/mol. The van der Waals surface area contributed by atoms with Crippen LogP contribution in [0, 0.1) is 0 Å². The van der Waals surface area contributed by atoms with Crippen molar-refractivity contribution in [1.82, 2.24) is 0 Å². The molecule has 1 unspecified atom stereocenters. The van der Waals surface area contributed by atoms with Crippen molar-refractivity contribution in [2.45, 2.75) is 52.1 Å². The van der Waals surface area contributed by atoms with Crippen molar-refractivity contribution in [2.24, 2.45) is 0 Å². The fourth-order valence-corrected chi connectivity index (χ4v) is 1.14. The van der Waals surface area contributed by atoms with E-state index in [2.05, 4.69) is 0 Å². The molecule has 1 atom stereocenters. The van der Waals surface area contributed by atoms with E-state index in [0.717, 1.165) is 12.8 Å². The number of carbonyl (C=O) groups is 2. The molecule has 0 N–H and O–H groups in total. The number of ether oxygens (including phenoxy) is 3. The lowest BCUT2D eigenvalue weighted by Crippen LogP contribution is -2.14. The summed E-state index contributed by atoms with van der Waals surface area (Å²) >= 11 is 0. The molecule has 0 bridgehead atoms. The second-order valence-corrected chi connectivity index (χ2v) is 4.13. The second-order valence-electron chi connectivity index (χ2n) is 4.13. The summed E-state index contributed by atoms with van der Waals surface area (Å²) in [6.45, 7) is 4.67. The molecular formula is C13H24O5. The summed E-state index contributed by atoms with van der Waals surface area (Å²) in [5.41, 5.74) is 0. The lowest BCUT2D eigenvalue weighted by atomic mass is 10.3. The van der Waals surface area contributed by atoms with Gasteiger partial charge in [-0.2, -0.15) is 0 Å². The van der Waals surface area contributed by atoms with Gasteiger partial charge in [-0.25, -0.2) is 0 Å². The smallest absolute Gasteiger partial charge is 0.306 e. The molecular weight excluding hydrogens is 236 g/mol. The van der Waals surface area contributed by atoms with Gasteiger partial charge in [0.1, 0.15) is 0 Å². The van der Waals surface area contributed by atoms with Crippen LogP contribution in [0.4, 0.5) is 0 Å². The molecule has 0 amide bonds. The third-order valence-corrected chi connectivity index (χ3v) is 2.48. The first-order chi connectivity index (χ1) is 8.60. The van der Waals surface area contributed by atoms with E-state index in [1.165, 1.54) is 0 Å². The molecule has 0 spiro atoms. The van der Waals surface area contributed by atoms with Crippen molar-refractivity contribution < 1.29 is 23.8 Å². The van der Waals surface area contributed by atoms with E-state index in [-0.39, 0.29) is 30.9 Å². The molecule has 0 aromatic rings. The highest BCUT2D eigenvalue weighted by Gasteiger charge is 2.09. The minimum absolute atomic E-state index is 0.0665. The summed E-state index contributed by atoms with van der Waals surface area (Å²) < 4.78 is 14.9. The Labute approximate surface area is 109 Å². The number of unbranched alkanes of at least 4 members (excludes halogenated alkanes) is 1. The van der Waals surface area contributed by atoms with E-state index < -0.39 is 0 Å². The van der Waals surface area contributed by atoms with Crippen molar-refractivity contribution in [2.75, 3.05) is 20.3 Å². The Balaban J connectivity index is 3.49. The zero-order valence-electron chi connectivity index (χ0n) is 11.6. The first-order valence-electron chi connectivity index (χ1n) is 6.44. The summed E-state index contributed by atoms with van der Waals surface area (Å²) in [6.07, 6.45) is 2.72. The van der Waals surface area contributed by atoms with Crippen LogP contribution in [0.3, 0.4) is 0 Å². The summed E-state index contributed by atoms with van der Waals surface area (Å²) in [5.74, 6) is -0.712. The van der Waals surface area contributed by atoms with Gasteiger partial charge in [-0.3, -0.25) is 9.59 Å². The first kappa shape index (κ1) is 16.9. The zero-order valence-corrected chi connectivity index (χ0v) is 11.6.